The van der Waals surface area contributed by atoms with Gasteiger partial charge in [0.25, 0.3) is 0 Å². The number of nitrogens with zero attached hydrogens (tertiary/aromatic N) is 1. The molecule has 19 nitrogen and oxygen atoms in total. The van der Waals surface area contributed by atoms with Crippen molar-refractivity contribution in [1.29, 1.82) is 0 Å². The third kappa shape index (κ3) is 14.3. The van der Waals surface area contributed by atoms with Crippen molar-refractivity contribution in [2.45, 2.75) is 183 Å². The fourth-order valence-corrected chi connectivity index (χ4v) is 10.2. The lowest BCUT2D eigenvalue weighted by molar-refractivity contribution is -0.319. The third-order valence-corrected chi connectivity index (χ3v) is 15.8. The number of alkyl halides is 1. The topological polar surface area (TPSA) is 237 Å². The fraction of sp³-hybridized carbons (Fsp3) is 0.686. The Balaban J connectivity index is 1.62. The zero-order chi connectivity index (χ0) is 52.6. The average Bonchev–Trinajstić information content (AvgIpc) is 3.34. The molecule has 0 saturated carbocycles. The Morgan fingerprint density at radius 1 is 0.803 bits per heavy atom. The van der Waals surface area contributed by atoms with E-state index in [-0.39, 0.29) is 32.5 Å². The number of benzene rings is 2. The van der Waals surface area contributed by atoms with Crippen LogP contribution in [-0.2, 0) is 70.2 Å². The molecule has 3 aliphatic heterocycles. The number of ether oxygens (including phenoxy) is 10. The second-order valence-electron chi connectivity index (χ2n) is 20.0. The summed E-state index contributed by atoms with van der Waals surface area (Å²) in [5.74, 6) is -4.29. The Morgan fingerprint density at radius 2 is 1.38 bits per heavy atom. The average molecular weight is 1120 g/mol. The fourth-order valence-electron chi connectivity index (χ4n) is 9.63. The van der Waals surface area contributed by atoms with Crippen molar-refractivity contribution in [3.8, 4) is 0 Å². The van der Waals surface area contributed by atoms with E-state index in [1.165, 1.54) is 40.0 Å². The predicted octanol–water partition coefficient (Wildman–Crippen LogP) is 5.79. The molecule has 3 aliphatic rings. The molecule has 3 fully saturated rings. The molecule has 20 heteroatoms. The van der Waals surface area contributed by atoms with E-state index >= 15 is 0 Å². The molecule has 2 aromatic rings. The first-order valence-electron chi connectivity index (χ1n) is 24.1. The number of carbonyl (C=O) groups is 4. The molecule has 2 aromatic carbocycles. The van der Waals surface area contributed by atoms with E-state index in [1.807, 2.05) is 36.4 Å². The molecule has 3 heterocycles. The van der Waals surface area contributed by atoms with E-state index in [2.05, 4.69) is 5.32 Å². The van der Waals surface area contributed by atoms with Gasteiger partial charge in [-0.25, -0.2) is 9.59 Å². The van der Waals surface area contributed by atoms with Crippen LogP contribution in [0, 0.1) is 17.8 Å². The van der Waals surface area contributed by atoms with Gasteiger partial charge in [0, 0.05) is 39.5 Å². The van der Waals surface area contributed by atoms with Crippen LogP contribution in [0.5, 0.6) is 0 Å². The minimum Gasteiger partial charge on any atom is -0.448 e. The van der Waals surface area contributed by atoms with E-state index in [4.69, 9.17) is 47.4 Å². The number of methoxy groups -OCH3 is 2. The largest absolute Gasteiger partial charge is 0.509 e. The van der Waals surface area contributed by atoms with Gasteiger partial charge < -0.3 is 72.9 Å². The smallest absolute Gasteiger partial charge is 0.448 e. The van der Waals surface area contributed by atoms with Crippen molar-refractivity contribution < 1.29 is 81.9 Å². The summed E-state index contributed by atoms with van der Waals surface area (Å²) in [5, 5.41) is 37.0. The highest BCUT2D eigenvalue weighted by Crippen LogP contribution is 2.42. The standard InChI is InChI=1S/C51H75IN2O17/c1-28-24-50(8,63-12)42(30(3)38(68-37-25-49(7,62-11)41(56)33(6)67-37)31(4)44(58)71-46(52)51(9,61)40(55)32(5)53-43(28)57)70-45-39(69-48(60)65-27-35-21-17-14-18-22-35)36(23-29(2)66-45)54(10)47(59)64-26-34-19-15-13-16-20-34/h13-22,28-33,36-42,45-46,55-56,61H,23-27H2,1-12H3,(H,53,57)/t28-,29-,30+,31-,32-,33+,36+,37+,38+,39-,40-,41+,42-,45+,46+,49-,50-,51+/m1/s1. The van der Waals surface area contributed by atoms with Crippen molar-refractivity contribution in [2.24, 2.45) is 17.8 Å². The summed E-state index contributed by atoms with van der Waals surface area (Å²) in [4.78, 5) is 57.6. The molecule has 0 aromatic heterocycles. The number of amides is 2. The van der Waals surface area contributed by atoms with E-state index in [0.717, 1.165) is 5.56 Å². The van der Waals surface area contributed by atoms with Gasteiger partial charge in [0.2, 0.25) is 5.91 Å². The van der Waals surface area contributed by atoms with Gasteiger partial charge >= 0.3 is 18.2 Å². The van der Waals surface area contributed by atoms with Gasteiger partial charge in [-0.3, -0.25) is 9.59 Å². The van der Waals surface area contributed by atoms with Crippen LogP contribution in [0.1, 0.15) is 92.7 Å². The number of aliphatic hydroxyl groups is 3. The Hall–Kier alpha value is -3.71. The van der Waals surface area contributed by atoms with Crippen LogP contribution >= 0.6 is 22.6 Å². The molecular weight excluding hydrogens is 1040 g/mol. The number of hydrogen-bond donors (Lipinski definition) is 4. The van der Waals surface area contributed by atoms with Crippen LogP contribution in [0.4, 0.5) is 9.59 Å². The van der Waals surface area contributed by atoms with E-state index in [0.29, 0.717) is 5.56 Å². The van der Waals surface area contributed by atoms with Crippen LogP contribution in [0.15, 0.2) is 60.7 Å². The van der Waals surface area contributed by atoms with E-state index in [1.54, 1.807) is 95.3 Å². The van der Waals surface area contributed by atoms with Crippen molar-refractivity contribution in [2.75, 3.05) is 21.3 Å². The van der Waals surface area contributed by atoms with Gasteiger partial charge in [0.1, 0.15) is 31.0 Å². The van der Waals surface area contributed by atoms with Crippen LogP contribution in [-0.4, -0.2) is 154 Å². The van der Waals surface area contributed by atoms with Crippen molar-refractivity contribution in [3.63, 3.8) is 0 Å². The predicted molar refractivity (Wildman–Crippen MR) is 264 cm³/mol. The Morgan fingerprint density at radius 3 is 1.96 bits per heavy atom. The zero-order valence-corrected chi connectivity index (χ0v) is 45.0. The monoisotopic (exact) mass is 1110 g/mol. The summed E-state index contributed by atoms with van der Waals surface area (Å²) >= 11 is 1.73. The molecule has 18 atom stereocenters. The van der Waals surface area contributed by atoms with Crippen LogP contribution in [0.25, 0.3) is 0 Å². The Kier molecular flexibility index (Phi) is 20.5. The van der Waals surface area contributed by atoms with Crippen LogP contribution in [0.2, 0.25) is 0 Å². The second kappa shape index (κ2) is 25.0. The molecule has 0 radical (unpaired) electrons. The van der Waals surface area contributed by atoms with Crippen LogP contribution < -0.4 is 5.32 Å². The highest BCUT2D eigenvalue weighted by Gasteiger charge is 2.54. The normalized spacial score (nSPS) is 38.6. The highest BCUT2D eigenvalue weighted by molar-refractivity contribution is 14.1. The Labute approximate surface area is 430 Å². The molecule has 0 unspecified atom stereocenters. The van der Waals surface area contributed by atoms with E-state index < -0.39 is 130 Å². The molecule has 71 heavy (non-hydrogen) atoms. The van der Waals surface area contributed by atoms with Gasteiger partial charge in [0.05, 0.1) is 53.6 Å². The highest BCUT2D eigenvalue weighted by atomic mass is 127. The van der Waals surface area contributed by atoms with Gasteiger partial charge in [-0.05, 0) is 95.0 Å². The molecule has 0 spiro atoms. The minimum absolute atomic E-state index is 0.0244. The summed E-state index contributed by atoms with van der Waals surface area (Å²) in [5.41, 5.74) is -3.22. The number of halogens is 1. The van der Waals surface area contributed by atoms with Crippen LogP contribution in [0.3, 0.4) is 0 Å². The van der Waals surface area contributed by atoms with Gasteiger partial charge in [-0.15, -0.1) is 0 Å². The van der Waals surface area contributed by atoms with Crippen molar-refractivity contribution in [3.05, 3.63) is 71.8 Å². The molecular formula is C51H75IN2O17. The minimum atomic E-state index is -2.05. The summed E-state index contributed by atoms with van der Waals surface area (Å²) in [6.45, 7) is 14.5. The Bertz CT molecular complexity index is 2050. The second-order valence-corrected chi connectivity index (χ2v) is 21.1. The van der Waals surface area contributed by atoms with Gasteiger partial charge in [-0.1, -0.05) is 74.5 Å². The molecule has 0 bridgehead atoms. The lowest BCUT2D eigenvalue weighted by atomic mass is 9.77. The maximum absolute atomic E-state index is 14.5. The summed E-state index contributed by atoms with van der Waals surface area (Å²) in [6, 6.07) is 16.2. The number of likely N-dealkylation sites (N-methyl/N-ethyl adjacent to an activating group) is 1. The lowest BCUT2D eigenvalue weighted by Gasteiger charge is -2.49. The number of esters is 1. The number of nitrogens with one attached hydrogen (secondary N) is 1. The number of aliphatic hydroxyl groups excluding tert-OH is 2. The summed E-state index contributed by atoms with van der Waals surface area (Å²) in [6.07, 6.45) is -12.1. The molecule has 0 aliphatic carbocycles. The molecule has 5 rings (SSSR count). The maximum atomic E-state index is 14.5. The number of hydrogen-bond acceptors (Lipinski definition) is 17. The zero-order valence-electron chi connectivity index (χ0n) is 42.9. The summed E-state index contributed by atoms with van der Waals surface area (Å²) < 4.78 is 61.0. The molecule has 398 valence electrons. The van der Waals surface area contributed by atoms with Gasteiger partial charge in [-0.2, -0.15) is 0 Å². The number of rotatable bonds is 12. The first kappa shape index (κ1) is 58.2. The lowest BCUT2D eigenvalue weighted by Crippen LogP contribution is -2.62. The maximum Gasteiger partial charge on any atom is 0.509 e. The first-order valence-corrected chi connectivity index (χ1v) is 25.4. The summed E-state index contributed by atoms with van der Waals surface area (Å²) in [7, 11) is 4.43. The van der Waals surface area contributed by atoms with E-state index in [9.17, 15) is 34.5 Å². The number of cyclic esters (lactones) is 1. The molecule has 2 amide bonds. The first-order chi connectivity index (χ1) is 33.3. The molecule has 3 saturated heterocycles. The van der Waals surface area contributed by atoms with Crippen molar-refractivity contribution >= 4 is 46.7 Å². The third-order valence-electron chi connectivity index (χ3n) is 14.3. The SMILES string of the molecule is CO[C@]1(C)C[C@@H](C)C(=O)N[C@H](C)[C@@H](O)[C@](C)(O)[C@@H](I)OC(=O)[C@H](C)[C@@H](O[C@H]2C[C@@](C)(OC)[C@@H](O)[C@H](C)O2)[C@H](C)[C@H]1O[C@@H]1O[C@H](C)C[C@H](N(C)C(=O)OCc2ccccc2)[C@H]1OC(=O)OCc1ccccc1. The van der Waals surface area contributed by atoms with Crippen molar-refractivity contribution in [1.82, 2.24) is 10.2 Å². The van der Waals surface area contributed by atoms with Gasteiger partial charge in [0.15, 0.2) is 22.8 Å². The quantitative estimate of drug-likeness (QED) is 0.0852. The molecule has 4 N–H and O–H groups in total. The number of carbonyl (C=O) groups excluding carboxylic acids is 4.